The third kappa shape index (κ3) is 3.67. The first-order valence-corrected chi connectivity index (χ1v) is 8.96. The van der Waals surface area contributed by atoms with E-state index in [0.717, 1.165) is 23.2 Å². The summed E-state index contributed by atoms with van der Waals surface area (Å²) in [5, 5.41) is 0.548. The van der Waals surface area contributed by atoms with Gasteiger partial charge >= 0.3 is 0 Å². The Balaban J connectivity index is 2.11. The molecule has 1 N–H and O–H groups in total. The van der Waals surface area contributed by atoms with Gasteiger partial charge in [-0.05, 0) is 38.1 Å². The molecule has 2 rings (SSSR count). The van der Waals surface area contributed by atoms with Crippen LogP contribution < -0.4 is 4.72 Å². The van der Waals surface area contributed by atoms with Gasteiger partial charge in [-0.2, -0.15) is 0 Å². The lowest BCUT2D eigenvalue weighted by Crippen LogP contribution is -2.22. The fraction of sp³-hybridized carbons (Fsp3) is 0.462. The van der Waals surface area contributed by atoms with Crippen LogP contribution in [0.25, 0.3) is 0 Å². The van der Waals surface area contributed by atoms with E-state index in [1.807, 2.05) is 19.2 Å². The summed E-state index contributed by atoms with van der Waals surface area (Å²) >= 11 is 1.73. The number of thioether (sulfide) groups is 1. The minimum Gasteiger partial charge on any atom is -0.353 e. The summed E-state index contributed by atoms with van der Waals surface area (Å²) in [5.74, 6) is 1.06. The van der Waals surface area contributed by atoms with E-state index in [-0.39, 0.29) is 0 Å². The molecule has 0 unspecified atom stereocenters. The van der Waals surface area contributed by atoms with E-state index in [0.29, 0.717) is 5.69 Å². The predicted octanol–water partition coefficient (Wildman–Crippen LogP) is 2.50. The number of hydrogen-bond acceptors (Lipinski definition) is 4. The van der Waals surface area contributed by atoms with Crippen LogP contribution in [0.4, 0.5) is 11.4 Å². The van der Waals surface area contributed by atoms with Crippen molar-refractivity contribution in [2.45, 2.75) is 19.1 Å². The lowest BCUT2D eigenvalue weighted by atomic mass is 10.3. The van der Waals surface area contributed by atoms with Crippen LogP contribution in [0.3, 0.4) is 0 Å². The van der Waals surface area contributed by atoms with Gasteiger partial charge in [-0.25, -0.2) is 13.4 Å². The molecular weight excluding hydrogens is 294 g/mol. The van der Waals surface area contributed by atoms with Crippen LogP contribution in [0.2, 0.25) is 0 Å². The van der Waals surface area contributed by atoms with Crippen molar-refractivity contribution in [3.8, 4) is 0 Å². The molecule has 0 saturated carbocycles. The molecule has 1 aliphatic rings. The molecule has 1 heterocycles. The highest BCUT2D eigenvalue weighted by molar-refractivity contribution is 8.14. The second-order valence-electron chi connectivity index (χ2n) is 4.91. The zero-order chi connectivity index (χ0) is 14.8. The Morgan fingerprint density at radius 3 is 2.45 bits per heavy atom. The number of hydrogen-bond donors (Lipinski definition) is 1. The second-order valence-corrected chi connectivity index (χ2v) is 8.21. The summed E-state index contributed by atoms with van der Waals surface area (Å²) in [6.45, 7) is 4.31. The number of nitrogens with zero attached hydrogens (tertiary/aromatic N) is 2. The van der Waals surface area contributed by atoms with Crippen molar-refractivity contribution < 1.29 is 8.42 Å². The molecule has 0 radical (unpaired) electrons. The normalized spacial score (nSPS) is 18.0. The molecule has 20 heavy (non-hydrogen) atoms. The maximum Gasteiger partial charge on any atom is 0.235 e. The second kappa shape index (κ2) is 6.05. The number of rotatable bonds is 4. The minimum atomic E-state index is -3.29. The van der Waals surface area contributed by atoms with Gasteiger partial charge in [0.2, 0.25) is 10.0 Å². The lowest BCUT2D eigenvalue weighted by molar-refractivity contribution is 0.563. The lowest BCUT2D eigenvalue weighted by Gasteiger charge is -2.11. The molecule has 0 aromatic heterocycles. The van der Waals surface area contributed by atoms with Crippen molar-refractivity contribution in [2.24, 2.45) is 4.99 Å². The molecule has 1 fully saturated rings. The van der Waals surface area contributed by atoms with Gasteiger partial charge in [0.15, 0.2) is 5.17 Å². The van der Waals surface area contributed by atoms with Crippen LogP contribution in [0.1, 0.15) is 13.8 Å². The summed E-state index contributed by atoms with van der Waals surface area (Å²) in [6.07, 6.45) is 0. The molecule has 7 heteroatoms. The molecule has 0 spiro atoms. The maximum absolute atomic E-state index is 11.8. The average molecular weight is 313 g/mol. The monoisotopic (exact) mass is 313 g/mol. The van der Waals surface area contributed by atoms with E-state index in [4.69, 9.17) is 0 Å². The molecule has 1 aromatic rings. The summed E-state index contributed by atoms with van der Waals surface area (Å²) in [6, 6.07) is 7.10. The van der Waals surface area contributed by atoms with Crippen molar-refractivity contribution in [2.75, 3.05) is 24.1 Å². The molecule has 0 atom stereocenters. The van der Waals surface area contributed by atoms with Crippen molar-refractivity contribution in [1.29, 1.82) is 0 Å². The van der Waals surface area contributed by atoms with Gasteiger partial charge in [-0.3, -0.25) is 4.72 Å². The zero-order valence-corrected chi connectivity index (χ0v) is 13.5. The zero-order valence-electron chi connectivity index (χ0n) is 11.8. The standard InChI is InChI=1S/C13H19N3O2S2/c1-10(2)20(17,18)15-12-6-4-11(5-7-12)14-13-16(3)8-9-19-13/h4-7,10,15H,8-9H2,1-3H3. The highest BCUT2D eigenvalue weighted by Crippen LogP contribution is 2.23. The van der Waals surface area contributed by atoms with E-state index >= 15 is 0 Å². The topological polar surface area (TPSA) is 61.8 Å². The number of aliphatic imine (C=N–C) groups is 1. The first kappa shape index (κ1) is 15.2. The molecule has 0 aliphatic carbocycles. The number of amidine groups is 1. The van der Waals surface area contributed by atoms with E-state index in [9.17, 15) is 8.42 Å². The Morgan fingerprint density at radius 1 is 1.30 bits per heavy atom. The van der Waals surface area contributed by atoms with Crippen molar-refractivity contribution >= 4 is 38.3 Å². The Bertz CT molecular complexity index is 595. The van der Waals surface area contributed by atoms with Crippen LogP contribution in [0, 0.1) is 0 Å². The summed E-state index contributed by atoms with van der Waals surface area (Å²) in [5.41, 5.74) is 1.39. The van der Waals surface area contributed by atoms with Gasteiger partial charge < -0.3 is 4.90 Å². The Labute approximate surface area is 124 Å². The maximum atomic E-state index is 11.8. The van der Waals surface area contributed by atoms with Gasteiger partial charge in [0, 0.05) is 25.0 Å². The van der Waals surface area contributed by atoms with Crippen LogP contribution in [0.15, 0.2) is 29.3 Å². The van der Waals surface area contributed by atoms with Gasteiger partial charge in [0.1, 0.15) is 0 Å². The predicted molar refractivity (Wildman–Crippen MR) is 86.3 cm³/mol. The Morgan fingerprint density at radius 2 is 1.95 bits per heavy atom. The van der Waals surface area contributed by atoms with Gasteiger partial charge in [-0.1, -0.05) is 11.8 Å². The molecule has 110 valence electrons. The largest absolute Gasteiger partial charge is 0.353 e. The fourth-order valence-corrected chi connectivity index (χ4v) is 3.32. The molecule has 1 aromatic carbocycles. The highest BCUT2D eigenvalue weighted by atomic mass is 32.2. The minimum absolute atomic E-state index is 0.453. The Hall–Kier alpha value is -1.21. The van der Waals surface area contributed by atoms with Crippen LogP contribution in [-0.4, -0.2) is 43.1 Å². The summed E-state index contributed by atoms with van der Waals surface area (Å²) < 4.78 is 26.1. The van der Waals surface area contributed by atoms with Crippen molar-refractivity contribution in [1.82, 2.24) is 4.90 Å². The van der Waals surface area contributed by atoms with E-state index in [1.54, 1.807) is 37.7 Å². The van der Waals surface area contributed by atoms with Crippen LogP contribution in [-0.2, 0) is 10.0 Å². The van der Waals surface area contributed by atoms with Crippen molar-refractivity contribution in [3.05, 3.63) is 24.3 Å². The van der Waals surface area contributed by atoms with E-state index in [1.165, 1.54) is 0 Å². The fourth-order valence-electron chi connectivity index (χ4n) is 1.59. The molecule has 1 saturated heterocycles. The quantitative estimate of drug-likeness (QED) is 0.928. The van der Waals surface area contributed by atoms with Crippen LogP contribution >= 0.6 is 11.8 Å². The first-order chi connectivity index (χ1) is 9.38. The Kier molecular flexibility index (Phi) is 4.59. The molecular formula is C13H19N3O2S2. The molecule has 0 bridgehead atoms. The van der Waals surface area contributed by atoms with Gasteiger partial charge in [0.25, 0.3) is 0 Å². The first-order valence-electron chi connectivity index (χ1n) is 6.43. The highest BCUT2D eigenvalue weighted by Gasteiger charge is 2.16. The number of nitrogens with one attached hydrogen (secondary N) is 1. The number of anilines is 1. The van der Waals surface area contributed by atoms with Gasteiger partial charge in [-0.15, -0.1) is 0 Å². The molecule has 5 nitrogen and oxygen atoms in total. The van der Waals surface area contributed by atoms with Crippen LogP contribution in [0.5, 0.6) is 0 Å². The third-order valence-electron chi connectivity index (χ3n) is 2.96. The molecule has 1 aliphatic heterocycles. The number of sulfonamides is 1. The average Bonchev–Trinajstić information content (AvgIpc) is 2.77. The van der Waals surface area contributed by atoms with E-state index in [2.05, 4.69) is 14.6 Å². The third-order valence-corrected chi connectivity index (χ3v) is 5.77. The summed E-state index contributed by atoms with van der Waals surface area (Å²) in [7, 11) is -1.28. The summed E-state index contributed by atoms with van der Waals surface area (Å²) in [4.78, 5) is 6.65. The smallest absolute Gasteiger partial charge is 0.235 e. The van der Waals surface area contributed by atoms with Crippen molar-refractivity contribution in [3.63, 3.8) is 0 Å². The van der Waals surface area contributed by atoms with Gasteiger partial charge in [0.05, 0.1) is 10.9 Å². The number of benzene rings is 1. The SMILES string of the molecule is CC(C)S(=O)(=O)Nc1ccc(N=C2SCCN2C)cc1. The van der Waals surface area contributed by atoms with E-state index < -0.39 is 15.3 Å². The molecule has 0 amide bonds.